The molecule has 6 nitrogen and oxygen atoms in total. The van der Waals surface area contributed by atoms with Crippen molar-refractivity contribution in [1.82, 2.24) is 14.8 Å². The van der Waals surface area contributed by atoms with E-state index in [1.165, 1.54) is 5.56 Å². The Morgan fingerprint density at radius 2 is 2.06 bits per heavy atom. The number of benzene rings is 2. The van der Waals surface area contributed by atoms with Gasteiger partial charge in [-0.25, -0.2) is 4.68 Å². The maximum Gasteiger partial charge on any atom is 0.253 e. The molecule has 158 valence electrons. The summed E-state index contributed by atoms with van der Waals surface area (Å²) in [5.74, 6) is -0.0747. The fourth-order valence-electron chi connectivity index (χ4n) is 4.06. The first kappa shape index (κ1) is 19.6. The monoisotopic (exact) mass is 414 g/mol. The van der Waals surface area contributed by atoms with Gasteiger partial charge < -0.3 is 15.0 Å². The van der Waals surface area contributed by atoms with Crippen LogP contribution in [0.4, 0.5) is 5.69 Å². The highest BCUT2D eigenvalue weighted by Crippen LogP contribution is 2.30. The van der Waals surface area contributed by atoms with Crippen molar-refractivity contribution in [2.45, 2.75) is 38.7 Å². The standard InChI is InChI=1S/C25H26N4O2/c1-2-17-6-9-20(10-7-17)29-16-19(14-27-29)18-8-11-22-21(13-18)23(15-26-22)28-25(30)24-5-3-4-12-31-24/h6-11,13-16,24,26H,2-5,12H2,1H3,(H,28,30). The molecule has 1 aliphatic rings. The second kappa shape index (κ2) is 8.40. The number of rotatable bonds is 5. The first-order chi connectivity index (χ1) is 15.2. The molecule has 31 heavy (non-hydrogen) atoms. The number of hydrogen-bond acceptors (Lipinski definition) is 3. The number of carbonyl (C=O) groups excluding carboxylic acids is 1. The summed E-state index contributed by atoms with van der Waals surface area (Å²) >= 11 is 0. The summed E-state index contributed by atoms with van der Waals surface area (Å²) in [7, 11) is 0. The van der Waals surface area contributed by atoms with Crippen LogP contribution in [0.5, 0.6) is 0 Å². The van der Waals surface area contributed by atoms with Gasteiger partial charge >= 0.3 is 0 Å². The van der Waals surface area contributed by atoms with E-state index in [0.29, 0.717) is 6.61 Å². The topological polar surface area (TPSA) is 71.9 Å². The highest BCUT2D eigenvalue weighted by molar-refractivity contribution is 6.04. The van der Waals surface area contributed by atoms with E-state index in [4.69, 9.17) is 4.74 Å². The van der Waals surface area contributed by atoms with Crippen LogP contribution in [-0.2, 0) is 16.0 Å². The fourth-order valence-corrected chi connectivity index (χ4v) is 4.06. The zero-order valence-corrected chi connectivity index (χ0v) is 17.6. The Labute approximate surface area is 181 Å². The molecule has 4 aromatic rings. The summed E-state index contributed by atoms with van der Waals surface area (Å²) in [6.07, 6.45) is 9.23. The van der Waals surface area contributed by atoms with Crippen LogP contribution >= 0.6 is 0 Å². The summed E-state index contributed by atoms with van der Waals surface area (Å²) in [4.78, 5) is 15.8. The van der Waals surface area contributed by atoms with Crippen LogP contribution in [-0.4, -0.2) is 33.4 Å². The molecule has 1 fully saturated rings. The van der Waals surface area contributed by atoms with E-state index in [1.54, 1.807) is 0 Å². The highest BCUT2D eigenvalue weighted by Gasteiger charge is 2.22. The van der Waals surface area contributed by atoms with Crippen molar-refractivity contribution in [1.29, 1.82) is 0 Å². The number of amides is 1. The van der Waals surface area contributed by atoms with Crippen LogP contribution in [0.2, 0.25) is 0 Å². The SMILES string of the molecule is CCc1ccc(-n2cc(-c3ccc4[nH]cc(NC(=O)C5CCCCO5)c4c3)cn2)cc1. The highest BCUT2D eigenvalue weighted by atomic mass is 16.5. The number of carbonyl (C=O) groups is 1. The van der Waals surface area contributed by atoms with Gasteiger partial charge in [-0.05, 0) is 61.1 Å². The maximum atomic E-state index is 12.6. The Morgan fingerprint density at radius 3 is 2.84 bits per heavy atom. The number of hydrogen-bond donors (Lipinski definition) is 2. The first-order valence-corrected chi connectivity index (χ1v) is 10.9. The lowest BCUT2D eigenvalue weighted by Gasteiger charge is -2.21. The molecule has 2 aromatic carbocycles. The Kier molecular flexibility index (Phi) is 5.30. The van der Waals surface area contributed by atoms with Gasteiger partial charge in [0, 0.05) is 35.5 Å². The van der Waals surface area contributed by atoms with Crippen LogP contribution in [0, 0.1) is 0 Å². The quantitative estimate of drug-likeness (QED) is 0.478. The van der Waals surface area contributed by atoms with Crippen molar-refractivity contribution in [2.75, 3.05) is 11.9 Å². The molecule has 1 atom stereocenters. The van der Waals surface area contributed by atoms with Crippen molar-refractivity contribution in [3.63, 3.8) is 0 Å². The van der Waals surface area contributed by atoms with Gasteiger partial charge in [-0.3, -0.25) is 4.79 Å². The fraction of sp³-hybridized carbons (Fsp3) is 0.280. The molecule has 3 heterocycles. The second-order valence-electron chi connectivity index (χ2n) is 8.00. The number of H-pyrrole nitrogens is 1. The van der Waals surface area contributed by atoms with E-state index in [1.807, 2.05) is 29.3 Å². The van der Waals surface area contributed by atoms with Gasteiger partial charge in [-0.15, -0.1) is 0 Å². The van der Waals surface area contributed by atoms with E-state index in [-0.39, 0.29) is 12.0 Å². The molecule has 6 heteroatoms. The number of nitrogens with one attached hydrogen (secondary N) is 2. The Morgan fingerprint density at radius 1 is 1.19 bits per heavy atom. The molecule has 1 amide bonds. The summed E-state index contributed by atoms with van der Waals surface area (Å²) in [5, 5.41) is 8.55. The van der Waals surface area contributed by atoms with Crippen molar-refractivity contribution < 1.29 is 9.53 Å². The first-order valence-electron chi connectivity index (χ1n) is 10.9. The van der Waals surface area contributed by atoms with Gasteiger partial charge in [0.05, 0.1) is 17.6 Å². The van der Waals surface area contributed by atoms with Gasteiger partial charge in [-0.2, -0.15) is 5.10 Å². The minimum Gasteiger partial charge on any atom is -0.368 e. The number of aromatic nitrogens is 3. The predicted molar refractivity (Wildman–Crippen MR) is 122 cm³/mol. The Balaban J connectivity index is 1.40. The number of fused-ring (bicyclic) bond motifs is 1. The third-order valence-corrected chi connectivity index (χ3v) is 5.94. The number of anilines is 1. The van der Waals surface area contributed by atoms with Crippen LogP contribution in [0.15, 0.2) is 61.1 Å². The van der Waals surface area contributed by atoms with Crippen molar-refractivity contribution in [3.05, 3.63) is 66.6 Å². The van der Waals surface area contributed by atoms with E-state index in [2.05, 4.69) is 58.7 Å². The number of ether oxygens (including phenoxy) is 1. The third kappa shape index (κ3) is 3.99. The molecule has 1 unspecified atom stereocenters. The van der Waals surface area contributed by atoms with Crippen LogP contribution in [0.25, 0.3) is 27.7 Å². The van der Waals surface area contributed by atoms with Gasteiger partial charge in [0.25, 0.3) is 5.91 Å². The molecule has 2 aromatic heterocycles. The van der Waals surface area contributed by atoms with Gasteiger partial charge in [0.2, 0.25) is 0 Å². The minimum absolute atomic E-state index is 0.0747. The summed E-state index contributed by atoms with van der Waals surface area (Å²) in [6.45, 7) is 2.80. The summed E-state index contributed by atoms with van der Waals surface area (Å²) in [6, 6.07) is 14.6. The number of aryl methyl sites for hydroxylation is 1. The molecule has 0 radical (unpaired) electrons. The van der Waals surface area contributed by atoms with Crippen molar-refractivity contribution >= 4 is 22.5 Å². The smallest absolute Gasteiger partial charge is 0.253 e. The lowest BCUT2D eigenvalue weighted by molar-refractivity contribution is -0.129. The predicted octanol–water partition coefficient (Wildman–Crippen LogP) is 5.09. The normalized spacial score (nSPS) is 16.5. The molecule has 5 rings (SSSR count). The number of nitrogens with zero attached hydrogens (tertiary/aromatic N) is 2. The van der Waals surface area contributed by atoms with Gasteiger partial charge in [0.15, 0.2) is 0 Å². The zero-order valence-electron chi connectivity index (χ0n) is 17.6. The average molecular weight is 415 g/mol. The molecular weight excluding hydrogens is 388 g/mol. The molecular formula is C25H26N4O2. The molecule has 0 aliphatic carbocycles. The summed E-state index contributed by atoms with van der Waals surface area (Å²) < 4.78 is 7.51. The lowest BCUT2D eigenvalue weighted by atomic mass is 10.1. The second-order valence-corrected chi connectivity index (χ2v) is 8.00. The maximum absolute atomic E-state index is 12.6. The average Bonchev–Trinajstić information content (AvgIpc) is 3.47. The van der Waals surface area contributed by atoms with E-state index in [0.717, 1.165) is 59.1 Å². The van der Waals surface area contributed by atoms with Crippen LogP contribution < -0.4 is 5.32 Å². The summed E-state index contributed by atoms with van der Waals surface area (Å²) in [5.41, 5.74) is 6.17. The minimum atomic E-state index is -0.362. The van der Waals surface area contributed by atoms with Crippen LogP contribution in [0.3, 0.4) is 0 Å². The van der Waals surface area contributed by atoms with Gasteiger partial charge in [-0.1, -0.05) is 25.1 Å². The molecule has 0 spiro atoms. The van der Waals surface area contributed by atoms with E-state index < -0.39 is 0 Å². The lowest BCUT2D eigenvalue weighted by Crippen LogP contribution is -2.33. The third-order valence-electron chi connectivity index (χ3n) is 5.94. The molecule has 0 saturated carbocycles. The molecule has 1 saturated heterocycles. The van der Waals surface area contributed by atoms with Crippen molar-refractivity contribution in [2.24, 2.45) is 0 Å². The molecule has 1 aliphatic heterocycles. The van der Waals surface area contributed by atoms with Crippen molar-refractivity contribution in [3.8, 4) is 16.8 Å². The number of aromatic amines is 1. The van der Waals surface area contributed by atoms with E-state index in [9.17, 15) is 4.79 Å². The molecule has 0 bridgehead atoms. The van der Waals surface area contributed by atoms with Crippen LogP contribution in [0.1, 0.15) is 31.7 Å². The zero-order chi connectivity index (χ0) is 21.2. The Hall–Kier alpha value is -3.38. The van der Waals surface area contributed by atoms with E-state index >= 15 is 0 Å². The molecule has 2 N–H and O–H groups in total. The van der Waals surface area contributed by atoms with Gasteiger partial charge in [0.1, 0.15) is 6.10 Å². The largest absolute Gasteiger partial charge is 0.368 e. The Bertz CT molecular complexity index is 1200.